The van der Waals surface area contributed by atoms with E-state index in [-0.39, 0.29) is 17.9 Å². The fourth-order valence-electron chi connectivity index (χ4n) is 2.70. The summed E-state index contributed by atoms with van der Waals surface area (Å²) < 4.78 is 0. The molecule has 0 radical (unpaired) electrons. The SMILES string of the molecule is C/C(=C/C(=O)N[C@H](C)C(=O)NC1CCCC1)c1ccccc1. The zero-order valence-electron chi connectivity index (χ0n) is 13.3. The molecule has 2 amide bonds. The zero-order chi connectivity index (χ0) is 15.9. The molecule has 0 unspecified atom stereocenters. The van der Waals surface area contributed by atoms with Crippen molar-refractivity contribution in [3.63, 3.8) is 0 Å². The van der Waals surface area contributed by atoms with Crippen LogP contribution in [0.15, 0.2) is 36.4 Å². The van der Waals surface area contributed by atoms with Crippen LogP contribution in [0.5, 0.6) is 0 Å². The Balaban J connectivity index is 1.86. The first-order chi connectivity index (χ1) is 10.6. The van der Waals surface area contributed by atoms with Crippen molar-refractivity contribution in [2.45, 2.75) is 51.6 Å². The van der Waals surface area contributed by atoms with Crippen molar-refractivity contribution in [3.05, 3.63) is 42.0 Å². The Kier molecular flexibility index (Phi) is 5.75. The summed E-state index contributed by atoms with van der Waals surface area (Å²) in [7, 11) is 0. The topological polar surface area (TPSA) is 58.2 Å². The predicted molar refractivity (Wildman–Crippen MR) is 88.1 cm³/mol. The van der Waals surface area contributed by atoms with Crippen molar-refractivity contribution < 1.29 is 9.59 Å². The molecule has 1 fully saturated rings. The van der Waals surface area contributed by atoms with Crippen LogP contribution in [0.25, 0.3) is 5.57 Å². The van der Waals surface area contributed by atoms with Gasteiger partial charge in [0.2, 0.25) is 11.8 Å². The van der Waals surface area contributed by atoms with Crippen LogP contribution in [0.1, 0.15) is 45.1 Å². The summed E-state index contributed by atoms with van der Waals surface area (Å²) in [5.41, 5.74) is 1.88. The second-order valence-electron chi connectivity index (χ2n) is 5.91. The molecule has 1 aliphatic rings. The second kappa shape index (κ2) is 7.78. The monoisotopic (exact) mass is 300 g/mol. The Morgan fingerprint density at radius 3 is 2.45 bits per heavy atom. The maximum Gasteiger partial charge on any atom is 0.244 e. The minimum absolute atomic E-state index is 0.106. The van der Waals surface area contributed by atoms with Gasteiger partial charge in [-0.25, -0.2) is 0 Å². The molecule has 0 saturated heterocycles. The molecule has 2 rings (SSSR count). The van der Waals surface area contributed by atoms with Gasteiger partial charge in [0.25, 0.3) is 0 Å². The highest BCUT2D eigenvalue weighted by Gasteiger charge is 2.21. The van der Waals surface area contributed by atoms with Crippen LogP contribution in [0, 0.1) is 0 Å². The summed E-state index contributed by atoms with van der Waals surface area (Å²) >= 11 is 0. The Hall–Kier alpha value is -2.10. The Morgan fingerprint density at radius 2 is 1.82 bits per heavy atom. The van der Waals surface area contributed by atoms with Gasteiger partial charge in [0.05, 0.1) is 0 Å². The Bertz CT molecular complexity index is 545. The second-order valence-corrected chi connectivity index (χ2v) is 5.91. The summed E-state index contributed by atoms with van der Waals surface area (Å²) in [5, 5.41) is 5.72. The lowest BCUT2D eigenvalue weighted by molar-refractivity contribution is -0.127. The lowest BCUT2D eigenvalue weighted by Gasteiger charge is -2.17. The van der Waals surface area contributed by atoms with Crippen LogP contribution in [0.3, 0.4) is 0 Å². The number of allylic oxidation sites excluding steroid dienone is 1. The molecule has 0 spiro atoms. The average Bonchev–Trinajstić information content (AvgIpc) is 3.00. The molecule has 1 aromatic rings. The molecule has 1 atom stereocenters. The third-order valence-electron chi connectivity index (χ3n) is 4.03. The van der Waals surface area contributed by atoms with E-state index in [1.165, 1.54) is 18.9 Å². The van der Waals surface area contributed by atoms with Gasteiger partial charge in [0, 0.05) is 12.1 Å². The minimum Gasteiger partial charge on any atom is -0.352 e. The molecule has 4 heteroatoms. The van der Waals surface area contributed by atoms with Gasteiger partial charge < -0.3 is 10.6 Å². The number of benzene rings is 1. The van der Waals surface area contributed by atoms with Gasteiger partial charge in [0.15, 0.2) is 0 Å². The van der Waals surface area contributed by atoms with Gasteiger partial charge in [-0.15, -0.1) is 0 Å². The summed E-state index contributed by atoms with van der Waals surface area (Å²) in [6.45, 7) is 3.60. The van der Waals surface area contributed by atoms with E-state index in [1.807, 2.05) is 37.3 Å². The van der Waals surface area contributed by atoms with Crippen molar-refractivity contribution in [2.75, 3.05) is 0 Å². The van der Waals surface area contributed by atoms with E-state index >= 15 is 0 Å². The van der Waals surface area contributed by atoms with Crippen molar-refractivity contribution in [1.29, 1.82) is 0 Å². The van der Waals surface area contributed by atoms with Crippen LogP contribution in [0.2, 0.25) is 0 Å². The van der Waals surface area contributed by atoms with Gasteiger partial charge in [-0.2, -0.15) is 0 Å². The standard InChI is InChI=1S/C18H24N2O2/c1-13(15-8-4-3-5-9-15)12-17(21)19-14(2)18(22)20-16-10-6-7-11-16/h3-5,8-9,12,14,16H,6-7,10-11H2,1-2H3,(H,19,21)(H,20,22)/b13-12-/t14-/m1/s1. The van der Waals surface area contributed by atoms with Crippen LogP contribution >= 0.6 is 0 Å². The first kappa shape index (κ1) is 16.3. The Morgan fingerprint density at radius 1 is 1.18 bits per heavy atom. The number of rotatable bonds is 5. The molecule has 0 aliphatic heterocycles. The largest absolute Gasteiger partial charge is 0.352 e. The van der Waals surface area contributed by atoms with Gasteiger partial charge >= 0.3 is 0 Å². The molecule has 22 heavy (non-hydrogen) atoms. The average molecular weight is 300 g/mol. The third-order valence-corrected chi connectivity index (χ3v) is 4.03. The van der Waals surface area contributed by atoms with Crippen molar-refractivity contribution in [1.82, 2.24) is 10.6 Å². The van der Waals surface area contributed by atoms with Gasteiger partial charge in [0.1, 0.15) is 6.04 Å². The predicted octanol–water partition coefficient (Wildman–Crippen LogP) is 2.65. The molecular weight excluding hydrogens is 276 g/mol. The smallest absolute Gasteiger partial charge is 0.244 e. The zero-order valence-corrected chi connectivity index (χ0v) is 13.3. The molecule has 1 aromatic carbocycles. The summed E-state index contributed by atoms with van der Waals surface area (Å²) in [4.78, 5) is 24.1. The highest BCUT2D eigenvalue weighted by atomic mass is 16.2. The van der Waals surface area contributed by atoms with Crippen molar-refractivity contribution in [2.24, 2.45) is 0 Å². The van der Waals surface area contributed by atoms with Crippen LogP contribution in [0.4, 0.5) is 0 Å². The van der Waals surface area contributed by atoms with E-state index in [0.717, 1.165) is 24.0 Å². The fourth-order valence-corrected chi connectivity index (χ4v) is 2.70. The summed E-state index contributed by atoms with van der Waals surface area (Å²) in [5.74, 6) is -0.346. The number of hydrogen-bond acceptors (Lipinski definition) is 2. The highest BCUT2D eigenvalue weighted by molar-refractivity contribution is 5.97. The van der Waals surface area contributed by atoms with Crippen LogP contribution < -0.4 is 10.6 Å². The minimum atomic E-state index is -0.520. The summed E-state index contributed by atoms with van der Waals surface area (Å²) in [6, 6.07) is 9.46. The van der Waals surface area contributed by atoms with Crippen LogP contribution in [-0.2, 0) is 9.59 Å². The van der Waals surface area contributed by atoms with Gasteiger partial charge in [-0.1, -0.05) is 43.2 Å². The molecule has 4 nitrogen and oxygen atoms in total. The number of hydrogen-bond donors (Lipinski definition) is 2. The lowest BCUT2D eigenvalue weighted by Crippen LogP contribution is -2.47. The molecule has 0 aromatic heterocycles. The molecule has 0 bridgehead atoms. The van der Waals surface area contributed by atoms with E-state index in [4.69, 9.17) is 0 Å². The third kappa shape index (κ3) is 4.72. The van der Waals surface area contributed by atoms with Crippen LogP contribution in [-0.4, -0.2) is 23.9 Å². The molecule has 1 saturated carbocycles. The molecule has 118 valence electrons. The maximum atomic E-state index is 12.0. The van der Waals surface area contributed by atoms with Crippen molar-refractivity contribution in [3.8, 4) is 0 Å². The maximum absolute atomic E-state index is 12.0. The Labute approximate surface area is 132 Å². The summed E-state index contributed by atoms with van der Waals surface area (Å²) in [6.07, 6.45) is 5.96. The quantitative estimate of drug-likeness (QED) is 0.821. The van der Waals surface area contributed by atoms with Gasteiger partial charge in [-0.3, -0.25) is 9.59 Å². The number of nitrogens with one attached hydrogen (secondary N) is 2. The van der Waals surface area contributed by atoms with E-state index in [0.29, 0.717) is 0 Å². The number of amides is 2. The number of carbonyl (C=O) groups is 2. The van der Waals surface area contributed by atoms with Gasteiger partial charge in [-0.05, 0) is 37.8 Å². The highest BCUT2D eigenvalue weighted by Crippen LogP contribution is 2.17. The molecule has 1 aliphatic carbocycles. The van der Waals surface area contributed by atoms with E-state index < -0.39 is 6.04 Å². The molecule has 2 N–H and O–H groups in total. The van der Waals surface area contributed by atoms with Crippen molar-refractivity contribution >= 4 is 17.4 Å². The van der Waals surface area contributed by atoms with E-state index in [1.54, 1.807) is 6.92 Å². The number of carbonyl (C=O) groups excluding carboxylic acids is 2. The normalized spacial score (nSPS) is 17.1. The molecular formula is C18H24N2O2. The first-order valence-corrected chi connectivity index (χ1v) is 7.91. The molecule has 0 heterocycles. The van der Waals surface area contributed by atoms with E-state index in [2.05, 4.69) is 10.6 Å². The lowest BCUT2D eigenvalue weighted by atomic mass is 10.1. The van der Waals surface area contributed by atoms with E-state index in [9.17, 15) is 9.59 Å². The first-order valence-electron chi connectivity index (χ1n) is 7.91. The fraction of sp³-hybridized carbons (Fsp3) is 0.444.